The second-order valence-corrected chi connectivity index (χ2v) is 12.8. The number of aromatic nitrogens is 2. The van der Waals surface area contributed by atoms with E-state index in [1.54, 1.807) is 50.0 Å². The highest BCUT2D eigenvalue weighted by Gasteiger charge is 2.34. The molecule has 2 aliphatic heterocycles. The van der Waals surface area contributed by atoms with E-state index in [0.717, 1.165) is 42.4 Å². The topological polar surface area (TPSA) is 107 Å². The van der Waals surface area contributed by atoms with Gasteiger partial charge in [-0.15, -0.1) is 0 Å². The van der Waals surface area contributed by atoms with E-state index < -0.39 is 6.04 Å². The zero-order valence-electron chi connectivity index (χ0n) is 26.9. The largest absolute Gasteiger partial charge is 0.497 e. The molecule has 0 unspecified atom stereocenters. The summed E-state index contributed by atoms with van der Waals surface area (Å²) >= 11 is 1.26. The molecule has 0 radical (unpaired) electrons. The minimum atomic E-state index is -0.826. The van der Waals surface area contributed by atoms with Gasteiger partial charge in [0.05, 0.1) is 30.0 Å². The van der Waals surface area contributed by atoms with Crippen molar-refractivity contribution in [1.29, 1.82) is 0 Å². The van der Waals surface area contributed by atoms with Gasteiger partial charge in [0.15, 0.2) is 4.80 Å². The van der Waals surface area contributed by atoms with Crippen LogP contribution in [0.5, 0.6) is 11.5 Å². The van der Waals surface area contributed by atoms with E-state index in [2.05, 4.69) is 5.32 Å². The van der Waals surface area contributed by atoms with Crippen molar-refractivity contribution in [2.24, 2.45) is 4.99 Å². The highest BCUT2D eigenvalue weighted by Crippen LogP contribution is 2.37. The molecule has 5 aromatic rings. The molecule has 4 heterocycles. The van der Waals surface area contributed by atoms with Crippen LogP contribution in [0.4, 0.5) is 5.69 Å². The van der Waals surface area contributed by atoms with Crippen LogP contribution >= 0.6 is 11.3 Å². The van der Waals surface area contributed by atoms with Crippen LogP contribution in [-0.2, 0) is 16.1 Å². The number of anilines is 1. The SMILES string of the molecule is COc1ccc([C@H]2C(C(=O)Nc3ccccc3)=C(C)N=c3s/c(=C/c4cn(CC(=O)N5CCCC5)c5ccccc45)c(=O)n32)c(OC)c1. The number of nitrogens with one attached hydrogen (secondary N) is 1. The summed E-state index contributed by atoms with van der Waals surface area (Å²) in [5.74, 6) is 0.771. The molecule has 48 heavy (non-hydrogen) atoms. The van der Waals surface area contributed by atoms with Gasteiger partial charge in [-0.1, -0.05) is 47.7 Å². The maximum atomic E-state index is 14.4. The molecule has 0 bridgehead atoms. The average Bonchev–Trinajstić information content (AvgIpc) is 3.83. The molecular weight excluding hydrogens is 627 g/mol. The number of carbonyl (C=O) groups is 2. The van der Waals surface area contributed by atoms with Crippen molar-refractivity contribution in [2.45, 2.75) is 32.4 Å². The van der Waals surface area contributed by atoms with Crippen molar-refractivity contribution in [2.75, 3.05) is 32.6 Å². The van der Waals surface area contributed by atoms with Gasteiger partial charge in [0.1, 0.15) is 24.1 Å². The Morgan fingerprint density at radius 3 is 2.50 bits per heavy atom. The number of methoxy groups -OCH3 is 2. The summed E-state index contributed by atoms with van der Waals surface area (Å²) in [5, 5.41) is 3.92. The Balaban J connectivity index is 1.36. The van der Waals surface area contributed by atoms with Crippen molar-refractivity contribution in [3.63, 3.8) is 0 Å². The summed E-state index contributed by atoms with van der Waals surface area (Å²) in [5.41, 5.74) is 3.52. The Labute approximate surface area is 280 Å². The number of amides is 2. The van der Waals surface area contributed by atoms with Crippen LogP contribution in [0.25, 0.3) is 17.0 Å². The third-order valence-corrected chi connectivity index (χ3v) is 9.89. The first-order valence-corrected chi connectivity index (χ1v) is 16.6. The van der Waals surface area contributed by atoms with Crippen molar-refractivity contribution in [1.82, 2.24) is 14.0 Å². The average molecular weight is 662 g/mol. The molecule has 7 rings (SSSR count). The normalized spacial score (nSPS) is 16.2. The highest BCUT2D eigenvalue weighted by atomic mass is 32.1. The molecule has 11 heteroatoms. The lowest BCUT2D eigenvalue weighted by Crippen LogP contribution is -2.40. The van der Waals surface area contributed by atoms with E-state index in [1.165, 1.54) is 11.3 Å². The van der Waals surface area contributed by atoms with Gasteiger partial charge in [-0.3, -0.25) is 19.0 Å². The van der Waals surface area contributed by atoms with Crippen LogP contribution < -0.4 is 29.7 Å². The van der Waals surface area contributed by atoms with E-state index in [9.17, 15) is 14.4 Å². The van der Waals surface area contributed by atoms with E-state index in [0.29, 0.717) is 43.4 Å². The van der Waals surface area contributed by atoms with Crippen LogP contribution in [0.1, 0.15) is 36.9 Å². The van der Waals surface area contributed by atoms with Gasteiger partial charge in [-0.2, -0.15) is 0 Å². The number of likely N-dealkylation sites (tertiary alicyclic amines) is 1. The van der Waals surface area contributed by atoms with Crippen LogP contribution in [0, 0.1) is 0 Å². The third-order valence-electron chi connectivity index (χ3n) is 8.90. The fraction of sp³-hybridized carbons (Fsp3) is 0.243. The smallest absolute Gasteiger partial charge is 0.271 e. The molecular formula is C37H35N5O5S. The van der Waals surface area contributed by atoms with Gasteiger partial charge >= 0.3 is 0 Å². The number of hydrogen-bond donors (Lipinski definition) is 1. The predicted molar refractivity (Wildman–Crippen MR) is 186 cm³/mol. The van der Waals surface area contributed by atoms with Crippen molar-refractivity contribution in [3.05, 3.63) is 121 Å². The molecule has 1 N–H and O–H groups in total. The molecule has 0 aliphatic carbocycles. The second kappa shape index (κ2) is 13.0. The molecule has 3 aromatic carbocycles. The second-order valence-electron chi connectivity index (χ2n) is 11.8. The standard InChI is InChI=1S/C37H35N5O5S/c1-23-33(35(44)39-25-11-5-4-6-12-25)34(28-16-15-26(46-2)20-30(28)47-3)42-36(45)31(48-37(42)38-23)19-24-21-41(29-14-8-7-13-27(24)29)22-32(43)40-17-9-10-18-40/h4-8,11-16,19-21,34H,9-10,17-18,22H2,1-3H3,(H,39,44)/b31-19+/t34-/m0/s1. The Hall–Kier alpha value is -5.42. The maximum absolute atomic E-state index is 14.4. The third kappa shape index (κ3) is 5.70. The fourth-order valence-corrected chi connectivity index (χ4v) is 7.58. The highest BCUT2D eigenvalue weighted by molar-refractivity contribution is 7.07. The van der Waals surface area contributed by atoms with Gasteiger partial charge < -0.3 is 24.3 Å². The number of hydrogen-bond acceptors (Lipinski definition) is 7. The molecule has 1 fully saturated rings. The van der Waals surface area contributed by atoms with E-state index in [4.69, 9.17) is 14.5 Å². The Morgan fingerprint density at radius 1 is 1.00 bits per heavy atom. The molecule has 2 aliphatic rings. The lowest BCUT2D eigenvalue weighted by atomic mass is 9.94. The number of rotatable bonds is 8. The zero-order chi connectivity index (χ0) is 33.4. The van der Waals surface area contributed by atoms with Crippen LogP contribution in [0.2, 0.25) is 0 Å². The number of nitrogens with zero attached hydrogens (tertiary/aromatic N) is 4. The van der Waals surface area contributed by atoms with E-state index in [1.807, 2.05) is 70.3 Å². The van der Waals surface area contributed by atoms with Crippen molar-refractivity contribution < 1.29 is 19.1 Å². The molecule has 10 nitrogen and oxygen atoms in total. The monoisotopic (exact) mass is 661 g/mol. The quantitative estimate of drug-likeness (QED) is 0.264. The summed E-state index contributed by atoms with van der Waals surface area (Å²) in [7, 11) is 3.12. The Bertz CT molecular complexity index is 2260. The van der Waals surface area contributed by atoms with E-state index in [-0.39, 0.29) is 23.9 Å². The van der Waals surface area contributed by atoms with Gasteiger partial charge in [-0.25, -0.2) is 4.99 Å². The minimum Gasteiger partial charge on any atom is -0.497 e. The molecule has 1 atom stereocenters. The number of allylic oxidation sites excluding steroid dienone is 1. The van der Waals surface area contributed by atoms with Crippen LogP contribution in [0.15, 0.2) is 100 Å². The number of fused-ring (bicyclic) bond motifs is 2. The first kappa shape index (κ1) is 31.2. The lowest BCUT2D eigenvalue weighted by Gasteiger charge is -2.26. The van der Waals surface area contributed by atoms with Gasteiger partial charge in [0.25, 0.3) is 11.5 Å². The van der Waals surface area contributed by atoms with Crippen molar-refractivity contribution >= 4 is 45.8 Å². The molecule has 2 amide bonds. The van der Waals surface area contributed by atoms with E-state index >= 15 is 0 Å². The fourth-order valence-electron chi connectivity index (χ4n) is 6.54. The molecule has 0 spiro atoms. The maximum Gasteiger partial charge on any atom is 0.271 e. The summed E-state index contributed by atoms with van der Waals surface area (Å²) in [6, 6.07) is 21.6. The Kier molecular flexibility index (Phi) is 8.45. The first-order chi connectivity index (χ1) is 23.4. The Morgan fingerprint density at radius 2 is 1.75 bits per heavy atom. The van der Waals surface area contributed by atoms with Crippen LogP contribution in [-0.4, -0.2) is 53.2 Å². The molecule has 2 aromatic heterocycles. The number of benzene rings is 3. The van der Waals surface area contributed by atoms with Crippen LogP contribution in [0.3, 0.4) is 0 Å². The zero-order valence-corrected chi connectivity index (χ0v) is 27.8. The van der Waals surface area contributed by atoms with Gasteiger partial charge in [0.2, 0.25) is 5.91 Å². The molecule has 0 saturated carbocycles. The molecule has 1 saturated heterocycles. The molecule has 244 valence electrons. The predicted octanol–water partition coefficient (Wildman–Crippen LogP) is 4.47. The van der Waals surface area contributed by atoms with Crippen molar-refractivity contribution in [3.8, 4) is 11.5 Å². The summed E-state index contributed by atoms with van der Waals surface area (Å²) < 4.78 is 15.2. The summed E-state index contributed by atoms with van der Waals surface area (Å²) in [4.78, 5) is 48.7. The van der Waals surface area contributed by atoms with Gasteiger partial charge in [0, 0.05) is 53.1 Å². The summed E-state index contributed by atoms with van der Waals surface area (Å²) in [6.07, 6.45) is 5.85. The number of ether oxygens (including phenoxy) is 2. The number of thiazole rings is 1. The van der Waals surface area contributed by atoms with Gasteiger partial charge in [-0.05, 0) is 56.2 Å². The minimum absolute atomic E-state index is 0.0874. The first-order valence-electron chi connectivity index (χ1n) is 15.8. The number of carbonyl (C=O) groups excluding carboxylic acids is 2. The number of para-hydroxylation sites is 2. The summed E-state index contributed by atoms with van der Waals surface area (Å²) in [6.45, 7) is 3.59. The lowest BCUT2D eigenvalue weighted by molar-refractivity contribution is -0.130.